The summed E-state index contributed by atoms with van der Waals surface area (Å²) >= 11 is 7.27. The van der Waals surface area contributed by atoms with Crippen LogP contribution in [0.2, 0.25) is 4.34 Å². The molecule has 0 radical (unpaired) electrons. The van der Waals surface area contributed by atoms with Crippen LogP contribution in [0.25, 0.3) is 0 Å². The van der Waals surface area contributed by atoms with Gasteiger partial charge in [-0.3, -0.25) is 9.67 Å². The van der Waals surface area contributed by atoms with Crippen LogP contribution < -0.4 is 10.6 Å². The Morgan fingerprint density at radius 1 is 1.44 bits per heavy atom. The van der Waals surface area contributed by atoms with Gasteiger partial charge in [-0.05, 0) is 37.5 Å². The highest BCUT2D eigenvalue weighted by molar-refractivity contribution is 14.0. The van der Waals surface area contributed by atoms with E-state index in [-0.39, 0.29) is 24.0 Å². The van der Waals surface area contributed by atoms with Gasteiger partial charge in [0.25, 0.3) is 0 Å². The second-order valence-electron chi connectivity index (χ2n) is 5.43. The molecule has 3 N–H and O–H groups in total. The first-order valence-electron chi connectivity index (χ1n) is 8.01. The minimum absolute atomic E-state index is 0. The van der Waals surface area contributed by atoms with E-state index in [1.165, 1.54) is 16.9 Å². The van der Waals surface area contributed by atoms with E-state index >= 15 is 0 Å². The van der Waals surface area contributed by atoms with Gasteiger partial charge in [-0.25, -0.2) is 0 Å². The van der Waals surface area contributed by atoms with Crippen molar-refractivity contribution < 1.29 is 5.11 Å². The zero-order chi connectivity index (χ0) is 17.4. The molecule has 0 saturated heterocycles. The van der Waals surface area contributed by atoms with E-state index < -0.39 is 6.10 Å². The molecule has 2 heterocycles. The highest BCUT2D eigenvalue weighted by atomic mass is 127. The first kappa shape index (κ1) is 22.2. The minimum atomic E-state index is -0.631. The molecule has 0 aliphatic carbocycles. The lowest BCUT2D eigenvalue weighted by molar-refractivity contribution is 0.191. The Hall–Kier alpha value is -0.840. The summed E-state index contributed by atoms with van der Waals surface area (Å²) in [4.78, 5) is 5.27. The molecule has 0 fully saturated rings. The second kappa shape index (κ2) is 11.7. The molecule has 0 aromatic carbocycles. The lowest BCUT2D eigenvalue weighted by atomic mass is 10.2. The second-order valence-corrected chi connectivity index (χ2v) is 7.18. The first-order chi connectivity index (χ1) is 11.6. The zero-order valence-electron chi connectivity index (χ0n) is 14.4. The third-order valence-electron chi connectivity index (χ3n) is 3.38. The van der Waals surface area contributed by atoms with Crippen molar-refractivity contribution in [2.24, 2.45) is 12.0 Å². The Balaban J connectivity index is 0.00000312. The molecule has 9 heteroatoms. The molecule has 140 valence electrons. The molecule has 2 aromatic rings. The van der Waals surface area contributed by atoms with Crippen LogP contribution in [0.15, 0.2) is 29.5 Å². The predicted molar refractivity (Wildman–Crippen MR) is 115 cm³/mol. The van der Waals surface area contributed by atoms with Crippen LogP contribution in [0.1, 0.15) is 29.9 Å². The van der Waals surface area contributed by atoms with Crippen molar-refractivity contribution in [1.29, 1.82) is 0 Å². The summed E-state index contributed by atoms with van der Waals surface area (Å²) in [7, 11) is 1.92. The van der Waals surface area contributed by atoms with Gasteiger partial charge in [-0.1, -0.05) is 11.6 Å². The van der Waals surface area contributed by atoms with Crippen LogP contribution in [0, 0.1) is 0 Å². The first-order valence-corrected chi connectivity index (χ1v) is 9.21. The summed E-state index contributed by atoms with van der Waals surface area (Å²) in [5.41, 5.74) is 1.23. The molecule has 1 atom stereocenters. The highest BCUT2D eigenvalue weighted by Gasteiger charge is 2.10. The van der Waals surface area contributed by atoms with Crippen molar-refractivity contribution in [3.63, 3.8) is 0 Å². The number of hydrogen-bond donors (Lipinski definition) is 3. The summed E-state index contributed by atoms with van der Waals surface area (Å²) in [6, 6.07) is 3.62. The number of aryl methyl sites for hydroxylation is 2. The molecular weight excluding hydrogens is 473 g/mol. The third-order valence-corrected chi connectivity index (χ3v) is 4.71. The molecule has 2 rings (SSSR count). The third kappa shape index (κ3) is 7.93. The summed E-state index contributed by atoms with van der Waals surface area (Å²) in [5.74, 6) is 0.713. The average Bonchev–Trinajstić information content (AvgIpc) is 3.17. The van der Waals surface area contributed by atoms with Gasteiger partial charge >= 0.3 is 0 Å². The topological polar surface area (TPSA) is 74.5 Å². The molecule has 0 aliphatic heterocycles. The smallest absolute Gasteiger partial charge is 0.191 e. The largest absolute Gasteiger partial charge is 0.386 e. The fraction of sp³-hybridized carbons (Fsp3) is 0.500. The van der Waals surface area contributed by atoms with Crippen LogP contribution in [-0.4, -0.2) is 40.5 Å². The normalized spacial score (nSPS) is 12.6. The Kier molecular flexibility index (Phi) is 10.4. The molecule has 25 heavy (non-hydrogen) atoms. The van der Waals surface area contributed by atoms with Crippen molar-refractivity contribution in [3.05, 3.63) is 39.3 Å². The van der Waals surface area contributed by atoms with E-state index in [0.29, 0.717) is 16.8 Å². The monoisotopic (exact) mass is 497 g/mol. The SMILES string of the molecule is CCNC(=NCC(O)c1ccc(Cl)s1)NCCCc1cnn(C)c1.I. The summed E-state index contributed by atoms with van der Waals surface area (Å²) in [5, 5.41) is 20.8. The van der Waals surface area contributed by atoms with E-state index in [9.17, 15) is 5.11 Å². The van der Waals surface area contributed by atoms with Crippen molar-refractivity contribution in [1.82, 2.24) is 20.4 Å². The van der Waals surface area contributed by atoms with Gasteiger partial charge in [0, 0.05) is 31.2 Å². The predicted octanol–water partition coefficient (Wildman–Crippen LogP) is 2.97. The maximum atomic E-state index is 10.2. The number of aromatic nitrogens is 2. The average molecular weight is 498 g/mol. The Bertz CT molecular complexity index is 661. The number of halogens is 2. The number of hydrogen-bond acceptors (Lipinski definition) is 4. The van der Waals surface area contributed by atoms with Gasteiger partial charge in [-0.2, -0.15) is 5.10 Å². The summed E-state index contributed by atoms with van der Waals surface area (Å²) < 4.78 is 2.49. The number of guanidine groups is 1. The fourth-order valence-corrected chi connectivity index (χ4v) is 3.26. The maximum Gasteiger partial charge on any atom is 0.191 e. The highest BCUT2D eigenvalue weighted by Crippen LogP contribution is 2.26. The van der Waals surface area contributed by atoms with E-state index in [0.717, 1.165) is 30.8 Å². The molecule has 0 aliphatic rings. The molecule has 0 bridgehead atoms. The van der Waals surface area contributed by atoms with Crippen LogP contribution >= 0.6 is 46.9 Å². The lowest BCUT2D eigenvalue weighted by Crippen LogP contribution is -2.38. The van der Waals surface area contributed by atoms with Crippen LogP contribution in [0.5, 0.6) is 0 Å². The number of nitrogens with zero attached hydrogens (tertiary/aromatic N) is 3. The summed E-state index contributed by atoms with van der Waals surface area (Å²) in [6.45, 7) is 3.90. The zero-order valence-corrected chi connectivity index (χ0v) is 18.3. The molecule has 0 saturated carbocycles. The number of aliphatic hydroxyl groups excluding tert-OH is 1. The molecule has 2 aromatic heterocycles. The summed E-state index contributed by atoms with van der Waals surface area (Å²) in [6.07, 6.45) is 5.24. The molecule has 0 spiro atoms. The number of rotatable bonds is 8. The van der Waals surface area contributed by atoms with Crippen molar-refractivity contribution in [2.45, 2.75) is 25.9 Å². The van der Waals surface area contributed by atoms with Crippen LogP contribution in [0.4, 0.5) is 0 Å². The quantitative estimate of drug-likeness (QED) is 0.227. The molecule has 6 nitrogen and oxygen atoms in total. The van der Waals surface area contributed by atoms with Gasteiger partial charge in [-0.15, -0.1) is 35.3 Å². The minimum Gasteiger partial charge on any atom is -0.386 e. The van der Waals surface area contributed by atoms with Crippen LogP contribution in [0.3, 0.4) is 0 Å². The Morgan fingerprint density at radius 3 is 2.84 bits per heavy atom. The van der Waals surface area contributed by atoms with Gasteiger partial charge in [0.1, 0.15) is 6.10 Å². The number of aliphatic hydroxyl groups is 1. The Morgan fingerprint density at radius 2 is 2.24 bits per heavy atom. The number of nitrogens with one attached hydrogen (secondary N) is 2. The molecule has 0 amide bonds. The van der Waals surface area contributed by atoms with E-state index in [2.05, 4.69) is 20.7 Å². The fourth-order valence-electron chi connectivity index (χ4n) is 2.22. The van der Waals surface area contributed by atoms with E-state index in [4.69, 9.17) is 11.6 Å². The van der Waals surface area contributed by atoms with Crippen LogP contribution in [-0.2, 0) is 13.5 Å². The number of aliphatic imine (C=N–C) groups is 1. The number of thiophene rings is 1. The lowest BCUT2D eigenvalue weighted by Gasteiger charge is -2.12. The maximum absolute atomic E-state index is 10.2. The standard InChI is InChI=1S/C16H24ClN5OS.HI/c1-3-18-16(19-8-4-5-12-9-21-22(2)11-12)20-10-13(23)14-6-7-15(17)24-14;/h6-7,9,11,13,23H,3-5,8,10H2,1-2H3,(H2,18,19,20);1H. The molecular formula is C16H25ClIN5OS. The Labute approximate surface area is 174 Å². The van der Waals surface area contributed by atoms with E-state index in [1.54, 1.807) is 6.07 Å². The van der Waals surface area contributed by atoms with Gasteiger partial charge in [0.05, 0.1) is 17.1 Å². The van der Waals surface area contributed by atoms with Crippen molar-refractivity contribution in [3.8, 4) is 0 Å². The van der Waals surface area contributed by atoms with E-state index in [1.807, 2.05) is 37.1 Å². The van der Waals surface area contributed by atoms with Gasteiger partial charge in [0.2, 0.25) is 0 Å². The van der Waals surface area contributed by atoms with Crippen molar-refractivity contribution in [2.75, 3.05) is 19.6 Å². The molecule has 1 unspecified atom stereocenters. The van der Waals surface area contributed by atoms with Gasteiger partial charge in [0.15, 0.2) is 5.96 Å². The van der Waals surface area contributed by atoms with Crippen molar-refractivity contribution >= 4 is 52.9 Å². The van der Waals surface area contributed by atoms with Gasteiger partial charge < -0.3 is 15.7 Å².